The Balaban J connectivity index is 1.89. The summed E-state index contributed by atoms with van der Waals surface area (Å²) in [7, 11) is 0. The SMILES string of the molecule is Cc1ccc(-c2nc(C)c(C(=O)Nc3ccc(F)c(C#N)c3)s2)c(C)c1. The number of rotatable bonds is 3. The van der Waals surface area contributed by atoms with E-state index in [0.29, 0.717) is 16.3 Å². The van der Waals surface area contributed by atoms with Crippen LogP contribution in [-0.2, 0) is 0 Å². The maximum atomic E-state index is 13.4. The number of aryl methyl sites for hydroxylation is 3. The highest BCUT2D eigenvalue weighted by atomic mass is 32.1. The summed E-state index contributed by atoms with van der Waals surface area (Å²) >= 11 is 1.31. The minimum Gasteiger partial charge on any atom is -0.321 e. The first-order valence-electron chi connectivity index (χ1n) is 7.95. The van der Waals surface area contributed by atoms with Gasteiger partial charge in [0.1, 0.15) is 21.8 Å². The molecule has 130 valence electrons. The van der Waals surface area contributed by atoms with Crippen molar-refractivity contribution in [3.63, 3.8) is 0 Å². The van der Waals surface area contributed by atoms with Crippen molar-refractivity contribution >= 4 is 22.9 Å². The highest BCUT2D eigenvalue weighted by molar-refractivity contribution is 7.17. The van der Waals surface area contributed by atoms with Gasteiger partial charge in [0.05, 0.1) is 11.3 Å². The Morgan fingerprint density at radius 1 is 1.19 bits per heavy atom. The second kappa shape index (κ2) is 7.06. The van der Waals surface area contributed by atoms with Crippen molar-refractivity contribution in [3.8, 4) is 16.6 Å². The van der Waals surface area contributed by atoms with Crippen LogP contribution in [0.15, 0.2) is 36.4 Å². The molecule has 3 aromatic rings. The Labute approximate surface area is 154 Å². The predicted octanol–water partition coefficient (Wildman–Crippen LogP) is 5.00. The van der Waals surface area contributed by atoms with Gasteiger partial charge in [-0.25, -0.2) is 9.37 Å². The summed E-state index contributed by atoms with van der Waals surface area (Å²) in [6.45, 7) is 5.82. The van der Waals surface area contributed by atoms with Gasteiger partial charge in [-0.1, -0.05) is 23.8 Å². The van der Waals surface area contributed by atoms with Gasteiger partial charge in [0.25, 0.3) is 5.91 Å². The number of nitrogens with zero attached hydrogens (tertiary/aromatic N) is 2. The number of hydrogen-bond donors (Lipinski definition) is 1. The maximum Gasteiger partial charge on any atom is 0.267 e. The van der Waals surface area contributed by atoms with Crippen molar-refractivity contribution in [1.29, 1.82) is 5.26 Å². The van der Waals surface area contributed by atoms with Crippen LogP contribution in [0.2, 0.25) is 0 Å². The summed E-state index contributed by atoms with van der Waals surface area (Å²) in [6.07, 6.45) is 0. The van der Waals surface area contributed by atoms with E-state index in [4.69, 9.17) is 5.26 Å². The zero-order chi connectivity index (χ0) is 18.8. The van der Waals surface area contributed by atoms with Crippen molar-refractivity contribution in [1.82, 2.24) is 4.98 Å². The van der Waals surface area contributed by atoms with Crippen molar-refractivity contribution < 1.29 is 9.18 Å². The number of carbonyl (C=O) groups excluding carboxylic acids is 1. The smallest absolute Gasteiger partial charge is 0.267 e. The molecule has 0 bridgehead atoms. The molecule has 2 aromatic carbocycles. The zero-order valence-electron chi connectivity index (χ0n) is 14.6. The molecule has 0 aliphatic carbocycles. The third-order valence-electron chi connectivity index (χ3n) is 3.96. The largest absolute Gasteiger partial charge is 0.321 e. The summed E-state index contributed by atoms with van der Waals surface area (Å²) in [4.78, 5) is 17.6. The lowest BCUT2D eigenvalue weighted by Crippen LogP contribution is -2.11. The quantitative estimate of drug-likeness (QED) is 0.710. The van der Waals surface area contributed by atoms with Crippen molar-refractivity contribution in [2.45, 2.75) is 20.8 Å². The molecular weight excluding hydrogens is 349 g/mol. The van der Waals surface area contributed by atoms with E-state index in [1.165, 1.54) is 29.0 Å². The lowest BCUT2D eigenvalue weighted by molar-refractivity contribution is 0.103. The average Bonchev–Trinajstić information content (AvgIpc) is 2.98. The second-order valence-corrected chi connectivity index (χ2v) is 7.01. The van der Waals surface area contributed by atoms with Gasteiger partial charge in [-0.3, -0.25) is 4.79 Å². The molecule has 1 amide bonds. The van der Waals surface area contributed by atoms with Crippen molar-refractivity contribution in [3.05, 3.63) is 69.5 Å². The number of benzene rings is 2. The van der Waals surface area contributed by atoms with E-state index in [1.54, 1.807) is 13.0 Å². The van der Waals surface area contributed by atoms with Crippen molar-refractivity contribution in [2.24, 2.45) is 0 Å². The minimum absolute atomic E-state index is 0.111. The van der Waals surface area contributed by atoms with Crippen LogP contribution in [0.5, 0.6) is 0 Å². The molecular formula is C20H16FN3OS. The third-order valence-corrected chi connectivity index (χ3v) is 5.15. The standard InChI is InChI=1S/C20H16FN3OS/c1-11-4-6-16(12(2)8-11)20-23-13(3)18(26-20)19(25)24-15-5-7-17(21)14(9-15)10-22/h4-9H,1-3H3,(H,24,25). The Kier molecular flexibility index (Phi) is 4.83. The molecule has 0 fully saturated rings. The van der Waals surface area contributed by atoms with Gasteiger partial charge in [0, 0.05) is 11.3 Å². The molecule has 0 aliphatic heterocycles. The zero-order valence-corrected chi connectivity index (χ0v) is 15.4. The number of carbonyl (C=O) groups is 1. The Hall–Kier alpha value is -3.04. The summed E-state index contributed by atoms with van der Waals surface area (Å²) < 4.78 is 13.4. The van der Waals surface area contributed by atoms with Crippen LogP contribution in [0, 0.1) is 37.9 Å². The van der Waals surface area contributed by atoms with Crippen LogP contribution in [-0.4, -0.2) is 10.9 Å². The van der Waals surface area contributed by atoms with Crippen LogP contribution in [0.25, 0.3) is 10.6 Å². The molecule has 4 nitrogen and oxygen atoms in total. The summed E-state index contributed by atoms with van der Waals surface area (Å²) in [5, 5.41) is 12.4. The molecule has 0 unspecified atom stereocenters. The lowest BCUT2D eigenvalue weighted by Gasteiger charge is -2.05. The average molecular weight is 365 g/mol. The number of thiazole rings is 1. The molecule has 1 N–H and O–H groups in total. The number of nitrogens with one attached hydrogen (secondary N) is 1. The number of aromatic nitrogens is 1. The number of amides is 1. The van der Waals surface area contributed by atoms with E-state index in [0.717, 1.165) is 22.2 Å². The highest BCUT2D eigenvalue weighted by Gasteiger charge is 2.18. The second-order valence-electron chi connectivity index (χ2n) is 6.01. The Morgan fingerprint density at radius 3 is 2.65 bits per heavy atom. The van der Waals surface area contributed by atoms with E-state index in [1.807, 2.05) is 26.0 Å². The molecule has 0 atom stereocenters. The molecule has 0 spiro atoms. The van der Waals surface area contributed by atoms with E-state index in [2.05, 4.69) is 16.4 Å². The molecule has 0 aliphatic rings. The lowest BCUT2D eigenvalue weighted by atomic mass is 10.1. The monoisotopic (exact) mass is 365 g/mol. The first-order chi connectivity index (χ1) is 12.4. The van der Waals surface area contributed by atoms with Crippen LogP contribution in [0.3, 0.4) is 0 Å². The predicted molar refractivity (Wildman–Crippen MR) is 101 cm³/mol. The fourth-order valence-corrected chi connectivity index (χ4v) is 3.70. The highest BCUT2D eigenvalue weighted by Crippen LogP contribution is 2.31. The van der Waals surface area contributed by atoms with Gasteiger partial charge in [0.2, 0.25) is 0 Å². The van der Waals surface area contributed by atoms with Crippen molar-refractivity contribution in [2.75, 3.05) is 5.32 Å². The molecule has 6 heteroatoms. The Morgan fingerprint density at radius 2 is 1.96 bits per heavy atom. The molecule has 0 radical (unpaired) electrons. The van der Waals surface area contributed by atoms with E-state index in [9.17, 15) is 9.18 Å². The molecule has 3 rings (SSSR count). The fraction of sp³-hybridized carbons (Fsp3) is 0.150. The van der Waals surface area contributed by atoms with E-state index >= 15 is 0 Å². The first kappa shape index (κ1) is 17.8. The van der Waals surface area contributed by atoms with E-state index < -0.39 is 5.82 Å². The molecule has 0 saturated carbocycles. The third kappa shape index (κ3) is 3.48. The van der Waals surface area contributed by atoms with Gasteiger partial charge < -0.3 is 5.32 Å². The topological polar surface area (TPSA) is 65.8 Å². The minimum atomic E-state index is -0.614. The van der Waals surface area contributed by atoms with Crippen LogP contribution in [0.1, 0.15) is 32.1 Å². The number of halogens is 1. The number of anilines is 1. The number of nitriles is 1. The van der Waals surface area contributed by atoms with Crippen LogP contribution in [0.4, 0.5) is 10.1 Å². The van der Waals surface area contributed by atoms with Gasteiger partial charge >= 0.3 is 0 Å². The molecule has 0 saturated heterocycles. The van der Waals surface area contributed by atoms with Gasteiger partial charge in [-0.2, -0.15) is 5.26 Å². The summed E-state index contributed by atoms with van der Waals surface area (Å²) in [6, 6.07) is 11.8. The summed E-state index contributed by atoms with van der Waals surface area (Å²) in [5.74, 6) is -0.942. The fourth-order valence-electron chi connectivity index (χ4n) is 2.65. The van der Waals surface area contributed by atoms with E-state index in [-0.39, 0.29) is 11.5 Å². The summed E-state index contributed by atoms with van der Waals surface area (Å²) in [5.41, 5.74) is 4.15. The maximum absolute atomic E-state index is 13.4. The normalized spacial score (nSPS) is 10.4. The molecule has 1 aromatic heterocycles. The van der Waals surface area contributed by atoms with Gasteiger partial charge in [-0.05, 0) is 44.5 Å². The molecule has 1 heterocycles. The number of hydrogen-bond acceptors (Lipinski definition) is 4. The van der Waals surface area contributed by atoms with Crippen LogP contribution < -0.4 is 5.32 Å². The molecule has 26 heavy (non-hydrogen) atoms. The Bertz CT molecular complexity index is 1050. The van der Waals surface area contributed by atoms with Gasteiger partial charge in [-0.15, -0.1) is 11.3 Å². The first-order valence-corrected chi connectivity index (χ1v) is 8.76. The van der Waals surface area contributed by atoms with Crippen LogP contribution >= 0.6 is 11.3 Å². The van der Waals surface area contributed by atoms with Gasteiger partial charge in [0.15, 0.2) is 0 Å².